The van der Waals surface area contributed by atoms with Crippen molar-refractivity contribution < 1.29 is 40.1 Å². The molecule has 1 saturated heterocycles. The van der Waals surface area contributed by atoms with E-state index in [1.165, 1.54) is 19.2 Å². The molecule has 2 aliphatic rings. The summed E-state index contributed by atoms with van der Waals surface area (Å²) in [6, 6.07) is 13.9. The molecule has 2 heterocycles. The third-order valence-electron chi connectivity index (χ3n) is 9.29. The van der Waals surface area contributed by atoms with E-state index in [4.69, 9.17) is 25.3 Å². The molecule has 0 bridgehead atoms. The number of furan rings is 1. The molecule has 3 aromatic carbocycles. The van der Waals surface area contributed by atoms with Crippen molar-refractivity contribution >= 4 is 56.8 Å². The van der Waals surface area contributed by atoms with E-state index in [1.807, 2.05) is 0 Å². The van der Waals surface area contributed by atoms with Gasteiger partial charge in [-0.15, -0.1) is 0 Å². The Labute approximate surface area is 282 Å². The van der Waals surface area contributed by atoms with Crippen LogP contribution in [0.5, 0.6) is 0 Å². The monoisotopic (exact) mass is 702 g/mol. The average Bonchev–Trinajstić information content (AvgIpc) is 3.74. The molecule has 0 atom stereocenters. The number of amides is 1. The van der Waals surface area contributed by atoms with Crippen LogP contribution >= 0.6 is 11.6 Å². The molecule has 1 amide bonds. The Bertz CT molecular complexity index is 1990. The number of rotatable bonds is 9. The van der Waals surface area contributed by atoms with Gasteiger partial charge in [-0.3, -0.25) is 9.52 Å². The quantitative estimate of drug-likeness (QED) is 0.178. The van der Waals surface area contributed by atoms with Crippen LogP contribution in [0.25, 0.3) is 22.3 Å². The largest absolute Gasteiger partial charge is 0.495 e. The van der Waals surface area contributed by atoms with E-state index in [1.54, 1.807) is 64.1 Å². The molecule has 1 aliphatic carbocycles. The second-order valence-electron chi connectivity index (χ2n) is 13.3. The molecular weight excluding hydrogens is 668 g/mol. The summed E-state index contributed by atoms with van der Waals surface area (Å²) in [5, 5.41) is 3.70. The van der Waals surface area contributed by atoms with E-state index in [2.05, 4.69) is 10.0 Å². The normalized spacial score (nSPS) is 17.6. The molecule has 2 N–H and O–H groups in total. The first-order chi connectivity index (χ1) is 22.4. The third kappa shape index (κ3) is 6.70. The van der Waals surface area contributed by atoms with Crippen LogP contribution in [0.15, 0.2) is 59.0 Å². The van der Waals surface area contributed by atoms with Crippen molar-refractivity contribution in [1.29, 1.82) is 0 Å². The van der Waals surface area contributed by atoms with E-state index < -0.39 is 45.8 Å². The van der Waals surface area contributed by atoms with Gasteiger partial charge in [-0.2, -0.15) is 13.2 Å². The van der Waals surface area contributed by atoms with Gasteiger partial charge in [0.1, 0.15) is 11.3 Å². The number of aryl methyl sites for hydroxylation is 1. The van der Waals surface area contributed by atoms with Crippen LogP contribution in [-0.4, -0.2) is 45.4 Å². The molecule has 6 rings (SSSR count). The molecule has 14 heteroatoms. The number of benzene rings is 3. The highest BCUT2D eigenvalue weighted by molar-refractivity contribution is 7.92. The first-order valence-corrected chi connectivity index (χ1v) is 17.6. The van der Waals surface area contributed by atoms with Crippen molar-refractivity contribution in [2.75, 3.05) is 17.5 Å². The first-order valence-electron chi connectivity index (χ1n) is 15.5. The molecular formula is C34H35BClF3N2O6S. The maximum absolute atomic E-state index is 14.2. The standard InChI is InChI=1S/C34H35BClF3N2O6S/c1-32(2)33(3,4)47-35(46-32)26-13-6-19(16-25(26)34(37,38)39)14-15-48(43,44)41-27-18-28-24(17-23(27)20-7-8-20)29(31(42)40-5)30(45-28)21-9-11-22(36)12-10-21/h6,9-13,16-18,20,41H,7-8,14-15H2,1-5H3,(H,40,42). The minimum absolute atomic E-state index is 0.0791. The maximum atomic E-state index is 14.2. The number of hydrogen-bond donors (Lipinski definition) is 2. The van der Waals surface area contributed by atoms with Crippen LogP contribution in [0.1, 0.15) is 73.5 Å². The second kappa shape index (κ2) is 12.1. The topological polar surface area (TPSA) is 107 Å². The van der Waals surface area contributed by atoms with Gasteiger partial charge in [0.15, 0.2) is 0 Å². The zero-order valence-electron chi connectivity index (χ0n) is 27.0. The van der Waals surface area contributed by atoms with Crippen LogP contribution in [0.4, 0.5) is 18.9 Å². The molecule has 0 unspecified atom stereocenters. The first kappa shape index (κ1) is 34.4. The highest BCUT2D eigenvalue weighted by Crippen LogP contribution is 2.47. The van der Waals surface area contributed by atoms with E-state index in [0.29, 0.717) is 44.1 Å². The Morgan fingerprint density at radius 3 is 2.23 bits per heavy atom. The Balaban J connectivity index is 1.28. The fraction of sp³-hybridized carbons (Fsp3) is 0.382. The minimum atomic E-state index is -4.72. The zero-order chi connectivity index (χ0) is 34.8. The van der Waals surface area contributed by atoms with Crippen molar-refractivity contribution in [2.45, 2.75) is 70.3 Å². The highest BCUT2D eigenvalue weighted by atomic mass is 35.5. The molecule has 0 radical (unpaired) electrons. The predicted molar refractivity (Wildman–Crippen MR) is 180 cm³/mol. The van der Waals surface area contributed by atoms with Gasteiger partial charge >= 0.3 is 13.3 Å². The fourth-order valence-corrected chi connectivity index (χ4v) is 7.03. The lowest BCUT2D eigenvalue weighted by Gasteiger charge is -2.32. The number of hydrogen-bond acceptors (Lipinski definition) is 6. The van der Waals surface area contributed by atoms with Crippen molar-refractivity contribution in [3.05, 3.63) is 81.9 Å². The molecule has 8 nitrogen and oxygen atoms in total. The molecule has 1 saturated carbocycles. The second-order valence-corrected chi connectivity index (χ2v) is 15.6. The van der Waals surface area contributed by atoms with E-state index in [9.17, 15) is 26.4 Å². The molecule has 48 heavy (non-hydrogen) atoms. The smallest absolute Gasteiger partial charge is 0.455 e. The number of nitrogens with one attached hydrogen (secondary N) is 2. The van der Waals surface area contributed by atoms with Crippen LogP contribution in [0, 0.1) is 0 Å². The van der Waals surface area contributed by atoms with E-state index in [-0.39, 0.29) is 29.3 Å². The SMILES string of the molecule is CNC(=O)c1c(-c2ccc(Cl)cc2)oc2cc(NS(=O)(=O)CCc3ccc(B4OC(C)(C)C(C)(C)O4)c(C(F)(F)F)c3)c(C3CC3)cc12. The number of sulfonamides is 1. The Kier molecular flexibility index (Phi) is 8.67. The molecule has 254 valence electrons. The van der Waals surface area contributed by atoms with Gasteiger partial charge in [-0.05, 0) is 106 Å². The van der Waals surface area contributed by atoms with Crippen LogP contribution in [-0.2, 0) is 31.9 Å². The van der Waals surface area contributed by atoms with Crippen molar-refractivity contribution in [3.8, 4) is 11.3 Å². The van der Waals surface area contributed by atoms with Gasteiger partial charge in [0, 0.05) is 29.1 Å². The number of anilines is 1. The summed E-state index contributed by atoms with van der Waals surface area (Å²) < 4.78 is 90.0. The molecule has 1 aliphatic heterocycles. The van der Waals surface area contributed by atoms with Gasteiger partial charge in [0.25, 0.3) is 5.91 Å². The summed E-state index contributed by atoms with van der Waals surface area (Å²) in [5.41, 5.74) is -0.331. The van der Waals surface area contributed by atoms with Crippen LogP contribution < -0.4 is 15.5 Å². The molecule has 1 aromatic heterocycles. The van der Waals surface area contributed by atoms with Crippen molar-refractivity contribution in [1.82, 2.24) is 5.32 Å². The lowest BCUT2D eigenvalue weighted by atomic mass is 9.75. The summed E-state index contributed by atoms with van der Waals surface area (Å²) in [6.07, 6.45) is -3.22. The fourth-order valence-electron chi connectivity index (χ4n) is 5.79. The summed E-state index contributed by atoms with van der Waals surface area (Å²) in [6.45, 7) is 7.02. The summed E-state index contributed by atoms with van der Waals surface area (Å²) in [4.78, 5) is 13.0. The average molecular weight is 703 g/mol. The van der Waals surface area contributed by atoms with Gasteiger partial charge in [-0.25, -0.2) is 8.42 Å². The highest BCUT2D eigenvalue weighted by Gasteiger charge is 2.53. The third-order valence-corrected chi connectivity index (χ3v) is 10.8. The number of carbonyl (C=O) groups is 1. The van der Waals surface area contributed by atoms with Crippen molar-refractivity contribution in [2.24, 2.45) is 0 Å². The summed E-state index contributed by atoms with van der Waals surface area (Å²) in [5.74, 6) is -0.445. The number of halogens is 4. The Hall–Kier alpha value is -3.52. The lowest BCUT2D eigenvalue weighted by Crippen LogP contribution is -2.41. The van der Waals surface area contributed by atoms with E-state index >= 15 is 0 Å². The molecule has 0 spiro atoms. The molecule has 4 aromatic rings. The van der Waals surface area contributed by atoms with Crippen LogP contribution in [0.2, 0.25) is 5.02 Å². The van der Waals surface area contributed by atoms with Crippen LogP contribution in [0.3, 0.4) is 0 Å². The molecule has 2 fully saturated rings. The van der Waals surface area contributed by atoms with Gasteiger partial charge < -0.3 is 19.0 Å². The summed E-state index contributed by atoms with van der Waals surface area (Å²) >= 11 is 6.06. The minimum Gasteiger partial charge on any atom is -0.455 e. The maximum Gasteiger partial charge on any atom is 0.495 e. The number of fused-ring (bicyclic) bond motifs is 1. The van der Waals surface area contributed by atoms with Gasteiger partial charge in [0.2, 0.25) is 10.0 Å². The van der Waals surface area contributed by atoms with Gasteiger partial charge in [0.05, 0.1) is 33.8 Å². The number of alkyl halides is 3. The van der Waals surface area contributed by atoms with E-state index in [0.717, 1.165) is 18.9 Å². The van der Waals surface area contributed by atoms with Crippen molar-refractivity contribution in [3.63, 3.8) is 0 Å². The predicted octanol–water partition coefficient (Wildman–Crippen LogP) is 7.29. The zero-order valence-corrected chi connectivity index (χ0v) is 28.6. The Morgan fingerprint density at radius 1 is 1.00 bits per heavy atom. The summed E-state index contributed by atoms with van der Waals surface area (Å²) in [7, 11) is -3.75. The lowest BCUT2D eigenvalue weighted by molar-refractivity contribution is -0.136. The Morgan fingerprint density at radius 2 is 1.65 bits per heavy atom. The number of carbonyl (C=O) groups excluding carboxylic acids is 1. The van der Waals surface area contributed by atoms with Gasteiger partial charge in [-0.1, -0.05) is 23.7 Å².